The molecule has 0 heterocycles. The van der Waals surface area contributed by atoms with Gasteiger partial charge in [0.1, 0.15) is 24.0 Å². The number of aliphatic carboxylic acids is 1. The van der Waals surface area contributed by atoms with Gasteiger partial charge in [-0.15, -0.1) is 0 Å². The molecule has 4 nitrogen and oxygen atoms in total. The topological polar surface area (TPSA) is 70.3 Å². The van der Waals surface area contributed by atoms with Gasteiger partial charge in [-0.2, -0.15) is 5.26 Å². The van der Waals surface area contributed by atoms with E-state index in [1.165, 1.54) is 0 Å². The number of hydrogen-bond acceptors (Lipinski definition) is 3. The summed E-state index contributed by atoms with van der Waals surface area (Å²) in [7, 11) is 0. The fraction of sp³-hybridized carbons (Fsp3) is 0.333. The molecule has 0 saturated heterocycles. The number of hydrogen-bond donors (Lipinski definition) is 1. The highest BCUT2D eigenvalue weighted by molar-refractivity contribution is 6.31. The van der Waals surface area contributed by atoms with E-state index in [1.807, 2.05) is 6.07 Å². The van der Waals surface area contributed by atoms with E-state index >= 15 is 0 Å². The maximum Gasteiger partial charge on any atom is 0.312 e. The molecule has 1 N–H and O–H groups in total. The fourth-order valence-electron chi connectivity index (χ4n) is 1.05. The molecular weight excluding hydrogens is 242 g/mol. The third kappa shape index (κ3) is 3.11. The normalized spacial score (nSPS) is 10.7. The smallest absolute Gasteiger partial charge is 0.312 e. The predicted octanol–water partition coefficient (Wildman–Crippen LogP) is 2.70. The van der Waals surface area contributed by atoms with Crippen molar-refractivity contribution in [2.45, 2.75) is 13.8 Å². The second-order valence-electron chi connectivity index (χ2n) is 4.20. The highest BCUT2D eigenvalue weighted by Gasteiger charge is 2.28. The Kier molecular flexibility index (Phi) is 3.97. The van der Waals surface area contributed by atoms with Gasteiger partial charge in [-0.05, 0) is 26.0 Å². The van der Waals surface area contributed by atoms with Gasteiger partial charge in [-0.3, -0.25) is 4.79 Å². The minimum atomic E-state index is -1.02. The van der Waals surface area contributed by atoms with Crippen molar-refractivity contribution in [1.82, 2.24) is 0 Å². The molecule has 0 saturated carbocycles. The van der Waals surface area contributed by atoms with Crippen molar-refractivity contribution in [2.24, 2.45) is 5.41 Å². The Bertz CT molecular complexity index is 477. The molecule has 0 amide bonds. The van der Waals surface area contributed by atoms with Gasteiger partial charge in [-0.25, -0.2) is 0 Å². The van der Waals surface area contributed by atoms with Crippen LogP contribution in [0.1, 0.15) is 19.4 Å². The summed E-state index contributed by atoms with van der Waals surface area (Å²) in [6.45, 7) is 3.06. The second-order valence-corrected chi connectivity index (χ2v) is 4.61. The van der Waals surface area contributed by atoms with Crippen molar-refractivity contribution in [3.8, 4) is 11.8 Å². The fourth-order valence-corrected chi connectivity index (χ4v) is 1.26. The Morgan fingerprint density at radius 2 is 2.24 bits per heavy atom. The van der Waals surface area contributed by atoms with E-state index in [1.54, 1.807) is 32.0 Å². The van der Waals surface area contributed by atoms with Crippen LogP contribution in [-0.4, -0.2) is 17.7 Å². The highest BCUT2D eigenvalue weighted by atomic mass is 35.5. The minimum Gasteiger partial charge on any atom is -0.491 e. The lowest BCUT2D eigenvalue weighted by atomic mass is 9.95. The van der Waals surface area contributed by atoms with Crippen LogP contribution in [0.25, 0.3) is 0 Å². The largest absolute Gasteiger partial charge is 0.491 e. The first-order valence-corrected chi connectivity index (χ1v) is 5.31. The monoisotopic (exact) mass is 253 g/mol. The summed E-state index contributed by atoms with van der Waals surface area (Å²) >= 11 is 5.82. The summed E-state index contributed by atoms with van der Waals surface area (Å²) in [4.78, 5) is 10.9. The molecule has 0 aliphatic rings. The highest BCUT2D eigenvalue weighted by Crippen LogP contribution is 2.27. The van der Waals surface area contributed by atoms with E-state index in [0.29, 0.717) is 5.75 Å². The van der Waals surface area contributed by atoms with Crippen molar-refractivity contribution in [3.63, 3.8) is 0 Å². The summed E-state index contributed by atoms with van der Waals surface area (Å²) in [5.74, 6) is -0.660. The second kappa shape index (κ2) is 5.07. The van der Waals surface area contributed by atoms with E-state index in [-0.39, 0.29) is 17.2 Å². The zero-order valence-corrected chi connectivity index (χ0v) is 10.3. The van der Waals surface area contributed by atoms with E-state index in [0.717, 1.165) is 0 Å². The number of nitriles is 1. The number of carbonyl (C=O) groups is 1. The van der Waals surface area contributed by atoms with Crippen molar-refractivity contribution in [1.29, 1.82) is 5.26 Å². The lowest BCUT2D eigenvalue weighted by Gasteiger charge is -2.20. The third-order valence-electron chi connectivity index (χ3n) is 2.25. The lowest BCUT2D eigenvalue weighted by Crippen LogP contribution is -2.30. The molecule has 0 radical (unpaired) electrons. The molecular formula is C12H12ClNO3. The quantitative estimate of drug-likeness (QED) is 0.896. The molecule has 0 fully saturated rings. The van der Waals surface area contributed by atoms with Crippen molar-refractivity contribution >= 4 is 17.6 Å². The average molecular weight is 254 g/mol. The molecule has 17 heavy (non-hydrogen) atoms. The number of nitrogens with zero attached hydrogens (tertiary/aromatic N) is 1. The molecule has 0 bridgehead atoms. The van der Waals surface area contributed by atoms with Crippen LogP contribution in [0, 0.1) is 16.7 Å². The standard InChI is InChI=1S/C12H12ClNO3/c1-12(2,11(15)16)7-17-10-5-3-4-9(13)8(10)6-14/h3-5H,7H2,1-2H3,(H,15,16). The molecule has 90 valence electrons. The van der Waals surface area contributed by atoms with Gasteiger partial charge in [0.2, 0.25) is 0 Å². The number of carboxylic acids is 1. The average Bonchev–Trinajstić information content (AvgIpc) is 2.26. The molecule has 1 aromatic carbocycles. The molecule has 0 unspecified atom stereocenters. The lowest BCUT2D eigenvalue weighted by molar-refractivity contribution is -0.148. The zero-order valence-electron chi connectivity index (χ0n) is 9.53. The first kappa shape index (κ1) is 13.3. The van der Waals surface area contributed by atoms with Crippen LogP contribution in [-0.2, 0) is 4.79 Å². The van der Waals surface area contributed by atoms with E-state index in [9.17, 15) is 4.79 Å². The van der Waals surface area contributed by atoms with Gasteiger partial charge in [0.15, 0.2) is 0 Å². The molecule has 1 aromatic rings. The number of carboxylic acid groups (broad SMARTS) is 1. The summed E-state index contributed by atoms with van der Waals surface area (Å²) in [6, 6.07) is 6.73. The molecule has 0 aliphatic heterocycles. The number of rotatable bonds is 4. The molecule has 0 atom stereocenters. The Hall–Kier alpha value is -1.73. The molecule has 0 spiro atoms. The van der Waals surface area contributed by atoms with Crippen LogP contribution in [0.3, 0.4) is 0 Å². The Balaban J connectivity index is 2.88. The van der Waals surface area contributed by atoms with Crippen LogP contribution in [0.15, 0.2) is 18.2 Å². The Labute approximate surface area is 104 Å². The molecule has 5 heteroatoms. The van der Waals surface area contributed by atoms with Gasteiger partial charge in [0, 0.05) is 0 Å². The predicted molar refractivity (Wildman–Crippen MR) is 63.1 cm³/mol. The maximum atomic E-state index is 10.9. The first-order valence-electron chi connectivity index (χ1n) is 4.93. The van der Waals surface area contributed by atoms with E-state index in [4.69, 9.17) is 26.7 Å². The van der Waals surface area contributed by atoms with Crippen LogP contribution in [0.4, 0.5) is 0 Å². The Morgan fingerprint density at radius 1 is 1.59 bits per heavy atom. The maximum absolute atomic E-state index is 10.9. The summed E-state index contributed by atoms with van der Waals surface area (Å²) in [5, 5.41) is 18.1. The third-order valence-corrected chi connectivity index (χ3v) is 2.57. The number of benzene rings is 1. The van der Waals surface area contributed by atoms with E-state index < -0.39 is 11.4 Å². The van der Waals surface area contributed by atoms with Crippen LogP contribution in [0.2, 0.25) is 5.02 Å². The van der Waals surface area contributed by atoms with Crippen molar-refractivity contribution in [2.75, 3.05) is 6.61 Å². The van der Waals surface area contributed by atoms with Gasteiger partial charge in [0.05, 0.1) is 10.4 Å². The zero-order chi connectivity index (χ0) is 13.1. The van der Waals surface area contributed by atoms with Gasteiger partial charge in [-0.1, -0.05) is 17.7 Å². The number of halogens is 1. The Morgan fingerprint density at radius 3 is 2.76 bits per heavy atom. The van der Waals surface area contributed by atoms with Crippen LogP contribution < -0.4 is 4.74 Å². The minimum absolute atomic E-state index is 0.0304. The van der Waals surface area contributed by atoms with Gasteiger partial charge in [0.25, 0.3) is 0 Å². The van der Waals surface area contributed by atoms with Crippen LogP contribution >= 0.6 is 11.6 Å². The molecule has 1 rings (SSSR count). The first-order chi connectivity index (χ1) is 7.88. The molecule has 0 aromatic heterocycles. The summed E-state index contributed by atoms with van der Waals surface area (Å²) < 4.78 is 5.35. The van der Waals surface area contributed by atoms with Crippen LogP contribution in [0.5, 0.6) is 5.75 Å². The summed E-state index contributed by atoms with van der Waals surface area (Å²) in [5.41, 5.74) is -0.801. The van der Waals surface area contributed by atoms with E-state index in [2.05, 4.69) is 0 Å². The van der Waals surface area contributed by atoms with Gasteiger partial charge >= 0.3 is 5.97 Å². The molecule has 0 aliphatic carbocycles. The van der Waals surface area contributed by atoms with Gasteiger partial charge < -0.3 is 9.84 Å². The van der Waals surface area contributed by atoms with Crippen molar-refractivity contribution < 1.29 is 14.6 Å². The number of ether oxygens (including phenoxy) is 1. The summed E-state index contributed by atoms with van der Waals surface area (Å²) in [6.07, 6.45) is 0. The van der Waals surface area contributed by atoms with Crippen molar-refractivity contribution in [3.05, 3.63) is 28.8 Å². The SMILES string of the molecule is CC(C)(COc1cccc(Cl)c1C#N)C(=O)O.